The minimum Gasteiger partial charge on any atom is -0.468 e. The fraction of sp³-hybridized carbons (Fsp3) is 0.750. The van der Waals surface area contributed by atoms with E-state index < -0.39 is 0 Å². The van der Waals surface area contributed by atoms with E-state index in [2.05, 4.69) is 9.47 Å². The van der Waals surface area contributed by atoms with Crippen molar-refractivity contribution < 1.29 is 19.1 Å². The van der Waals surface area contributed by atoms with Gasteiger partial charge in [0, 0.05) is 11.5 Å². The van der Waals surface area contributed by atoms with Crippen molar-refractivity contribution in [1.29, 1.82) is 0 Å². The van der Waals surface area contributed by atoms with Crippen LogP contribution in [-0.2, 0) is 19.1 Å². The molecule has 0 radical (unpaired) electrons. The van der Waals surface area contributed by atoms with E-state index in [1.165, 1.54) is 37.7 Å². The number of hydrogen-bond donors (Lipinski definition) is 0. The first-order chi connectivity index (χ1) is 6.69. The van der Waals surface area contributed by atoms with E-state index in [-0.39, 0.29) is 22.4 Å². The number of carbonyl (C=O) groups is 2. The summed E-state index contributed by atoms with van der Waals surface area (Å²) >= 11 is 2.90. The van der Waals surface area contributed by atoms with Gasteiger partial charge < -0.3 is 9.47 Å². The Labute approximate surface area is 91.1 Å². The van der Waals surface area contributed by atoms with E-state index in [1.807, 2.05) is 0 Å². The Hall–Kier alpha value is -0.360. The second-order valence-electron chi connectivity index (χ2n) is 2.69. The molecule has 4 nitrogen and oxygen atoms in total. The van der Waals surface area contributed by atoms with Gasteiger partial charge in [-0.2, -0.15) is 0 Å². The third-order valence-corrected chi connectivity index (χ3v) is 4.82. The zero-order valence-corrected chi connectivity index (χ0v) is 9.65. The van der Waals surface area contributed by atoms with Gasteiger partial charge in [0.05, 0.1) is 14.2 Å². The Morgan fingerprint density at radius 2 is 1.36 bits per heavy atom. The number of ether oxygens (including phenoxy) is 2. The molecule has 0 saturated carbocycles. The Kier molecular flexibility index (Phi) is 4.60. The van der Waals surface area contributed by atoms with Gasteiger partial charge in [-0.3, -0.25) is 9.59 Å². The number of rotatable bonds is 2. The molecule has 1 fully saturated rings. The summed E-state index contributed by atoms with van der Waals surface area (Å²) in [6, 6.07) is 0. The molecule has 0 aliphatic carbocycles. The lowest BCUT2D eigenvalue weighted by molar-refractivity contribution is -0.140. The molecule has 1 aliphatic rings. The molecule has 0 spiro atoms. The van der Waals surface area contributed by atoms with Crippen LogP contribution in [0.15, 0.2) is 0 Å². The summed E-state index contributed by atoms with van der Waals surface area (Å²) in [5, 5.41) is -0.295. The molecule has 0 N–H and O–H groups in total. The molecular formula is C8H12O4S2. The molecule has 2 unspecified atom stereocenters. The topological polar surface area (TPSA) is 52.6 Å². The average molecular weight is 236 g/mol. The zero-order chi connectivity index (χ0) is 10.6. The zero-order valence-electron chi connectivity index (χ0n) is 8.02. The van der Waals surface area contributed by atoms with Gasteiger partial charge >= 0.3 is 11.9 Å². The number of thioether (sulfide) groups is 2. The third kappa shape index (κ3) is 2.81. The van der Waals surface area contributed by atoms with E-state index >= 15 is 0 Å². The maximum atomic E-state index is 11.1. The van der Waals surface area contributed by atoms with Gasteiger partial charge in [0.15, 0.2) is 0 Å². The predicted octanol–water partition coefficient (Wildman–Crippen LogP) is 0.550. The van der Waals surface area contributed by atoms with E-state index in [1.54, 1.807) is 0 Å². The van der Waals surface area contributed by atoms with Crippen molar-refractivity contribution in [2.75, 3.05) is 25.7 Å². The van der Waals surface area contributed by atoms with Gasteiger partial charge in [-0.1, -0.05) is 0 Å². The summed E-state index contributed by atoms with van der Waals surface area (Å²) in [6.07, 6.45) is 0. The van der Waals surface area contributed by atoms with Crippen LogP contribution in [0.3, 0.4) is 0 Å². The Bertz CT molecular complexity index is 199. The summed E-state index contributed by atoms with van der Waals surface area (Å²) in [4.78, 5) is 22.3. The number of esters is 2. The summed E-state index contributed by atoms with van der Waals surface area (Å²) < 4.78 is 9.24. The van der Waals surface area contributed by atoms with Gasteiger partial charge in [-0.25, -0.2) is 0 Å². The van der Waals surface area contributed by atoms with E-state index in [0.717, 1.165) is 0 Å². The lowest BCUT2D eigenvalue weighted by Crippen LogP contribution is -2.33. The Morgan fingerprint density at radius 3 is 1.57 bits per heavy atom. The molecule has 0 amide bonds. The largest absolute Gasteiger partial charge is 0.468 e. The molecule has 80 valence electrons. The molecule has 14 heavy (non-hydrogen) atoms. The minimum absolute atomic E-state index is 0.147. The molecule has 1 rings (SSSR count). The standard InChI is InChI=1S/C8H12O4S2/c1-11-7(9)5-3-14-6(4-13-5)8(10)12-2/h5-6H,3-4H2,1-2H3. The highest BCUT2D eigenvalue weighted by Gasteiger charge is 2.31. The maximum absolute atomic E-state index is 11.1. The van der Waals surface area contributed by atoms with Crippen molar-refractivity contribution in [2.45, 2.75) is 10.5 Å². The van der Waals surface area contributed by atoms with Gasteiger partial charge in [-0.05, 0) is 0 Å². The van der Waals surface area contributed by atoms with Crippen molar-refractivity contribution in [3.63, 3.8) is 0 Å². The molecule has 0 aromatic heterocycles. The maximum Gasteiger partial charge on any atom is 0.319 e. The van der Waals surface area contributed by atoms with Crippen molar-refractivity contribution >= 4 is 35.5 Å². The quantitative estimate of drug-likeness (QED) is 0.653. The van der Waals surface area contributed by atoms with Crippen LogP contribution < -0.4 is 0 Å². The Balaban J connectivity index is 2.38. The van der Waals surface area contributed by atoms with Crippen molar-refractivity contribution in [2.24, 2.45) is 0 Å². The normalized spacial score (nSPS) is 26.7. The summed E-state index contributed by atoms with van der Waals surface area (Å²) in [5.41, 5.74) is 0. The van der Waals surface area contributed by atoms with Crippen molar-refractivity contribution in [3.05, 3.63) is 0 Å². The first-order valence-corrected chi connectivity index (χ1v) is 6.17. The van der Waals surface area contributed by atoms with E-state index in [9.17, 15) is 9.59 Å². The second kappa shape index (κ2) is 5.50. The van der Waals surface area contributed by atoms with Crippen LogP contribution in [0, 0.1) is 0 Å². The monoisotopic (exact) mass is 236 g/mol. The minimum atomic E-state index is -0.217. The molecule has 2 atom stereocenters. The van der Waals surface area contributed by atoms with E-state index in [0.29, 0.717) is 11.5 Å². The predicted molar refractivity (Wildman–Crippen MR) is 56.5 cm³/mol. The molecular weight excluding hydrogens is 224 g/mol. The molecule has 1 heterocycles. The molecule has 1 aliphatic heterocycles. The number of carbonyl (C=O) groups excluding carboxylic acids is 2. The highest BCUT2D eigenvalue weighted by atomic mass is 32.2. The Morgan fingerprint density at radius 1 is 1.00 bits per heavy atom. The molecule has 0 aromatic rings. The van der Waals surface area contributed by atoms with Crippen molar-refractivity contribution in [3.8, 4) is 0 Å². The van der Waals surface area contributed by atoms with Crippen molar-refractivity contribution in [1.82, 2.24) is 0 Å². The van der Waals surface area contributed by atoms with Crippen LogP contribution in [0.5, 0.6) is 0 Å². The average Bonchev–Trinajstić information content (AvgIpc) is 2.27. The third-order valence-electron chi connectivity index (χ3n) is 1.83. The van der Waals surface area contributed by atoms with Crippen LogP contribution in [-0.4, -0.2) is 48.2 Å². The fourth-order valence-corrected chi connectivity index (χ4v) is 3.83. The summed E-state index contributed by atoms with van der Waals surface area (Å²) in [7, 11) is 2.75. The molecule has 1 saturated heterocycles. The number of hydrogen-bond acceptors (Lipinski definition) is 6. The first-order valence-electron chi connectivity index (χ1n) is 4.08. The highest BCUT2D eigenvalue weighted by Crippen LogP contribution is 2.30. The smallest absolute Gasteiger partial charge is 0.319 e. The van der Waals surface area contributed by atoms with Crippen LogP contribution in [0.4, 0.5) is 0 Å². The fourth-order valence-electron chi connectivity index (χ4n) is 1.04. The SMILES string of the molecule is COC(=O)C1CSC(C(=O)OC)CS1. The molecule has 0 aromatic carbocycles. The molecule has 0 bridgehead atoms. The summed E-state index contributed by atoms with van der Waals surface area (Å²) in [5.74, 6) is 0.783. The highest BCUT2D eigenvalue weighted by molar-refractivity contribution is 8.08. The lowest BCUT2D eigenvalue weighted by atomic mass is 10.5. The van der Waals surface area contributed by atoms with Crippen LogP contribution in [0.25, 0.3) is 0 Å². The summed E-state index contributed by atoms with van der Waals surface area (Å²) in [6.45, 7) is 0. The number of methoxy groups -OCH3 is 2. The van der Waals surface area contributed by atoms with Gasteiger partial charge in [0.1, 0.15) is 10.5 Å². The van der Waals surface area contributed by atoms with Gasteiger partial charge in [-0.15, -0.1) is 23.5 Å². The van der Waals surface area contributed by atoms with Gasteiger partial charge in [0.25, 0.3) is 0 Å². The molecule has 6 heteroatoms. The second-order valence-corrected chi connectivity index (χ2v) is 5.16. The van der Waals surface area contributed by atoms with Crippen LogP contribution >= 0.6 is 23.5 Å². The van der Waals surface area contributed by atoms with Crippen LogP contribution in [0.2, 0.25) is 0 Å². The lowest BCUT2D eigenvalue weighted by Gasteiger charge is -2.24. The first kappa shape index (κ1) is 11.7. The van der Waals surface area contributed by atoms with Gasteiger partial charge in [0.2, 0.25) is 0 Å². The van der Waals surface area contributed by atoms with E-state index in [4.69, 9.17) is 0 Å². The van der Waals surface area contributed by atoms with Crippen LogP contribution in [0.1, 0.15) is 0 Å².